The lowest BCUT2D eigenvalue weighted by Gasteiger charge is -2.46. The summed E-state index contributed by atoms with van der Waals surface area (Å²) in [6, 6.07) is 9.92. The predicted octanol–water partition coefficient (Wildman–Crippen LogP) is 5.82. The number of rotatable bonds is 6. The maximum atomic E-state index is 14.2. The topological polar surface area (TPSA) is 62.3 Å². The molecular formula is C29H34Cl2FN3O4. The molecule has 0 radical (unpaired) electrons. The van der Waals surface area contributed by atoms with Gasteiger partial charge in [0.15, 0.2) is 0 Å². The number of methoxy groups -OCH3 is 1. The van der Waals surface area contributed by atoms with Crippen molar-refractivity contribution >= 4 is 40.9 Å². The van der Waals surface area contributed by atoms with Crippen molar-refractivity contribution in [2.75, 3.05) is 51.8 Å². The Bertz CT molecular complexity index is 1230. The molecule has 210 valence electrons. The summed E-state index contributed by atoms with van der Waals surface area (Å²) in [6.45, 7) is 3.34. The molecule has 1 spiro atoms. The minimum atomic E-state index is -0.845. The number of carbonyl (C=O) groups is 2. The van der Waals surface area contributed by atoms with Gasteiger partial charge in [-0.05, 0) is 61.7 Å². The molecule has 0 aromatic heterocycles. The molecule has 10 heteroatoms. The smallest absolute Gasteiger partial charge is 0.414 e. The molecule has 7 nitrogen and oxygen atoms in total. The Kier molecular flexibility index (Phi) is 8.38. The van der Waals surface area contributed by atoms with E-state index in [1.54, 1.807) is 32.4 Å². The highest BCUT2D eigenvalue weighted by Gasteiger charge is 2.46. The maximum absolute atomic E-state index is 14.2. The molecule has 2 saturated heterocycles. The number of fused-ring (bicyclic) bond motifs is 2. The average Bonchev–Trinajstić information content (AvgIpc) is 2.94. The zero-order chi connectivity index (χ0) is 27.7. The van der Waals surface area contributed by atoms with Gasteiger partial charge in [-0.2, -0.15) is 0 Å². The summed E-state index contributed by atoms with van der Waals surface area (Å²) < 4.78 is 25.6. The Morgan fingerprint density at radius 3 is 2.49 bits per heavy atom. The Morgan fingerprint density at radius 1 is 1.10 bits per heavy atom. The fraction of sp³-hybridized carbons (Fsp3) is 0.517. The van der Waals surface area contributed by atoms with Gasteiger partial charge in [0, 0.05) is 58.7 Å². The molecule has 2 amide bonds. The number of piperidine rings is 2. The van der Waals surface area contributed by atoms with Crippen molar-refractivity contribution < 1.29 is 23.5 Å². The zero-order valence-corrected chi connectivity index (χ0v) is 23.8. The van der Waals surface area contributed by atoms with Crippen molar-refractivity contribution in [3.8, 4) is 0 Å². The lowest BCUT2D eigenvalue weighted by molar-refractivity contribution is -0.135. The molecule has 1 unspecified atom stereocenters. The molecule has 5 rings (SSSR count). The second-order valence-electron chi connectivity index (χ2n) is 10.7. The number of carbonyl (C=O) groups excluding carboxylic acids is 2. The first-order valence-electron chi connectivity index (χ1n) is 13.5. The van der Waals surface area contributed by atoms with E-state index in [0.717, 1.165) is 18.4 Å². The zero-order valence-electron chi connectivity index (χ0n) is 22.3. The van der Waals surface area contributed by atoms with E-state index in [4.69, 9.17) is 32.7 Å². The molecule has 3 aliphatic heterocycles. The third-order valence-electron chi connectivity index (χ3n) is 8.50. The fourth-order valence-corrected chi connectivity index (χ4v) is 6.38. The van der Waals surface area contributed by atoms with Crippen molar-refractivity contribution in [1.82, 2.24) is 9.80 Å². The second-order valence-corrected chi connectivity index (χ2v) is 11.5. The summed E-state index contributed by atoms with van der Waals surface area (Å²) in [5.41, 5.74) is 1.41. The lowest BCUT2D eigenvalue weighted by Crippen LogP contribution is -2.51. The van der Waals surface area contributed by atoms with Crippen LogP contribution >= 0.6 is 23.2 Å². The first-order valence-corrected chi connectivity index (χ1v) is 14.2. The average molecular weight is 579 g/mol. The van der Waals surface area contributed by atoms with Crippen LogP contribution in [-0.4, -0.2) is 74.8 Å². The van der Waals surface area contributed by atoms with Crippen molar-refractivity contribution in [2.45, 2.75) is 49.7 Å². The highest BCUT2D eigenvalue weighted by molar-refractivity contribution is 6.42. The standard InChI is InChI=1S/C29H34Cl2FN3O4/c1-33-26-6-4-20(32)18-23(26)29(39-28(33)37)10-15-34(16-11-29)12-9-22(19-3-5-24(30)25(31)17-19)27(36)35-13-7-21(38-2)8-14-35/h3-6,17-18,21-22H,7-16H2,1-2H3. The van der Waals surface area contributed by atoms with Crippen LogP contribution in [0.15, 0.2) is 36.4 Å². The van der Waals surface area contributed by atoms with Gasteiger partial charge in [0.1, 0.15) is 11.4 Å². The quantitative estimate of drug-likeness (QED) is 0.433. The summed E-state index contributed by atoms with van der Waals surface area (Å²) in [5.74, 6) is -0.616. The number of hydrogen-bond donors (Lipinski definition) is 0. The number of anilines is 1. The van der Waals surface area contributed by atoms with Gasteiger partial charge in [-0.15, -0.1) is 0 Å². The van der Waals surface area contributed by atoms with E-state index in [9.17, 15) is 14.0 Å². The van der Waals surface area contributed by atoms with Crippen molar-refractivity contribution in [3.63, 3.8) is 0 Å². The van der Waals surface area contributed by atoms with E-state index < -0.39 is 11.7 Å². The SMILES string of the molecule is COC1CCN(C(=O)C(CCN2CCC3(CC2)OC(=O)N(C)c2ccc(F)cc23)c2ccc(Cl)c(Cl)c2)CC1. The second kappa shape index (κ2) is 11.6. The molecule has 0 aliphatic carbocycles. The van der Waals surface area contributed by atoms with Gasteiger partial charge in [0.25, 0.3) is 0 Å². The van der Waals surface area contributed by atoms with Gasteiger partial charge < -0.3 is 19.3 Å². The largest absolute Gasteiger partial charge is 0.437 e. The minimum absolute atomic E-state index is 0.0880. The van der Waals surface area contributed by atoms with Crippen LogP contribution in [0.3, 0.4) is 0 Å². The number of amides is 2. The van der Waals surface area contributed by atoms with Crippen LogP contribution in [0.25, 0.3) is 0 Å². The molecule has 0 N–H and O–H groups in total. The van der Waals surface area contributed by atoms with E-state index in [1.807, 2.05) is 11.0 Å². The number of halogens is 3. The van der Waals surface area contributed by atoms with Crippen molar-refractivity contribution in [3.05, 3.63) is 63.4 Å². The molecule has 2 fully saturated rings. The fourth-order valence-electron chi connectivity index (χ4n) is 6.07. The first kappa shape index (κ1) is 28.1. The maximum Gasteiger partial charge on any atom is 0.414 e. The van der Waals surface area contributed by atoms with E-state index in [1.165, 1.54) is 17.0 Å². The third kappa shape index (κ3) is 5.75. The summed E-state index contributed by atoms with van der Waals surface area (Å²) >= 11 is 12.5. The van der Waals surface area contributed by atoms with Crippen molar-refractivity contribution in [1.29, 1.82) is 0 Å². The highest BCUT2D eigenvalue weighted by Crippen LogP contribution is 2.45. The third-order valence-corrected chi connectivity index (χ3v) is 9.24. The Morgan fingerprint density at radius 2 is 1.82 bits per heavy atom. The van der Waals surface area contributed by atoms with Gasteiger partial charge >= 0.3 is 6.09 Å². The first-order chi connectivity index (χ1) is 18.7. The van der Waals surface area contributed by atoms with Gasteiger partial charge in [-0.3, -0.25) is 9.69 Å². The molecule has 1 atom stereocenters. The normalized spacial score (nSPS) is 20.6. The number of benzene rings is 2. The van der Waals surface area contributed by atoms with Crippen LogP contribution in [0.4, 0.5) is 14.9 Å². The molecule has 2 aromatic rings. The molecule has 39 heavy (non-hydrogen) atoms. The molecule has 0 saturated carbocycles. The molecule has 2 aromatic carbocycles. The van der Waals surface area contributed by atoms with E-state index >= 15 is 0 Å². The predicted molar refractivity (Wildman–Crippen MR) is 149 cm³/mol. The van der Waals surface area contributed by atoms with E-state index in [-0.39, 0.29) is 23.7 Å². The monoisotopic (exact) mass is 577 g/mol. The number of ether oxygens (including phenoxy) is 2. The Balaban J connectivity index is 1.29. The van der Waals surface area contributed by atoms with Crippen LogP contribution < -0.4 is 4.90 Å². The van der Waals surface area contributed by atoms with Crippen LogP contribution in [0.1, 0.15) is 49.1 Å². The van der Waals surface area contributed by atoms with Gasteiger partial charge in [0.2, 0.25) is 5.91 Å². The molecular weight excluding hydrogens is 544 g/mol. The van der Waals surface area contributed by atoms with Crippen LogP contribution in [0.5, 0.6) is 0 Å². The van der Waals surface area contributed by atoms with Gasteiger partial charge in [0.05, 0.1) is 27.8 Å². The summed E-state index contributed by atoms with van der Waals surface area (Å²) in [4.78, 5) is 32.0. The number of hydrogen-bond acceptors (Lipinski definition) is 5. The molecule has 3 aliphatic rings. The highest BCUT2D eigenvalue weighted by atomic mass is 35.5. The lowest BCUT2D eigenvalue weighted by atomic mass is 9.81. The van der Waals surface area contributed by atoms with Crippen LogP contribution in [-0.2, 0) is 19.9 Å². The van der Waals surface area contributed by atoms with E-state index in [2.05, 4.69) is 4.90 Å². The van der Waals surface area contributed by atoms with E-state index in [0.29, 0.717) is 73.3 Å². The van der Waals surface area contributed by atoms with Crippen LogP contribution in [0.2, 0.25) is 10.0 Å². The van der Waals surface area contributed by atoms with Gasteiger partial charge in [-0.1, -0.05) is 29.3 Å². The summed E-state index contributed by atoms with van der Waals surface area (Å²) in [7, 11) is 3.35. The number of nitrogens with zero attached hydrogens (tertiary/aromatic N) is 3. The Hall–Kier alpha value is -2.39. The Labute approximate surface area is 238 Å². The number of likely N-dealkylation sites (tertiary alicyclic amines) is 2. The molecule has 3 heterocycles. The van der Waals surface area contributed by atoms with Crippen LogP contribution in [0, 0.1) is 5.82 Å². The summed E-state index contributed by atoms with van der Waals surface area (Å²) in [6.07, 6.45) is 3.12. The molecule has 0 bridgehead atoms. The summed E-state index contributed by atoms with van der Waals surface area (Å²) in [5, 5.41) is 0.887. The van der Waals surface area contributed by atoms with Gasteiger partial charge in [-0.25, -0.2) is 9.18 Å². The van der Waals surface area contributed by atoms with Crippen molar-refractivity contribution in [2.24, 2.45) is 0 Å². The minimum Gasteiger partial charge on any atom is -0.437 e.